The first-order chi connectivity index (χ1) is 18.9. The number of hydrogen-bond donors (Lipinski definition) is 2. The van der Waals surface area contributed by atoms with Crippen molar-refractivity contribution in [3.05, 3.63) is 71.0 Å². The molecule has 3 aliphatic heterocycles. The van der Waals surface area contributed by atoms with Crippen LogP contribution in [0.4, 0.5) is 10.1 Å². The van der Waals surface area contributed by atoms with Crippen LogP contribution in [0.3, 0.4) is 0 Å². The van der Waals surface area contributed by atoms with Crippen molar-refractivity contribution in [1.29, 1.82) is 0 Å². The van der Waals surface area contributed by atoms with Crippen molar-refractivity contribution >= 4 is 34.0 Å². The van der Waals surface area contributed by atoms with Crippen LogP contribution in [0.15, 0.2) is 54.6 Å². The summed E-state index contributed by atoms with van der Waals surface area (Å²) in [6.07, 6.45) is 0.935. The van der Waals surface area contributed by atoms with E-state index in [0.29, 0.717) is 42.6 Å². The lowest BCUT2D eigenvalue weighted by Gasteiger charge is -2.36. The topological polar surface area (TPSA) is 74.3 Å². The minimum absolute atomic E-state index is 0.000286. The maximum atomic E-state index is 13.6. The molecule has 0 aromatic heterocycles. The Balaban J connectivity index is 1.12. The van der Waals surface area contributed by atoms with Gasteiger partial charge in [0.2, 0.25) is 5.91 Å². The van der Waals surface area contributed by atoms with Gasteiger partial charge in [-0.25, -0.2) is 4.39 Å². The highest BCUT2D eigenvalue weighted by Crippen LogP contribution is 2.32. The van der Waals surface area contributed by atoms with Gasteiger partial charge in [-0.2, -0.15) is 0 Å². The molecule has 0 bridgehead atoms. The van der Waals surface area contributed by atoms with Gasteiger partial charge in [0.25, 0.3) is 0 Å². The number of benzene rings is 3. The third kappa shape index (κ3) is 5.84. The quantitative estimate of drug-likeness (QED) is 0.414. The van der Waals surface area contributed by atoms with Crippen LogP contribution in [0.1, 0.15) is 24.5 Å². The van der Waals surface area contributed by atoms with Crippen LogP contribution in [0.2, 0.25) is 5.02 Å². The lowest BCUT2D eigenvalue weighted by atomic mass is 9.99. The standard InChI is InChI=1S/C30H33ClFN3O4/c31-26-14-21(4-7-28(26)39-25-17-38-18-25)29(36)27(16-34-9-1-10-34)33-30(37)22-8-11-35(15-22)24-6-3-19-12-23(32)5-2-20(19)13-24/h2-7,12-14,22,25,27,29,36H,1,8-11,15-18H2,(H,33,37)/t22-,27-,29-/m1/s1. The van der Waals surface area contributed by atoms with Crippen LogP contribution in [0.5, 0.6) is 5.75 Å². The molecule has 0 aliphatic carbocycles. The van der Waals surface area contributed by atoms with Gasteiger partial charge < -0.3 is 29.7 Å². The van der Waals surface area contributed by atoms with Gasteiger partial charge in [-0.3, -0.25) is 4.79 Å². The molecule has 0 saturated carbocycles. The lowest BCUT2D eigenvalue weighted by Crippen LogP contribution is -2.52. The molecule has 0 unspecified atom stereocenters. The highest BCUT2D eigenvalue weighted by molar-refractivity contribution is 6.32. The zero-order valence-corrected chi connectivity index (χ0v) is 22.4. The maximum Gasteiger partial charge on any atom is 0.225 e. The molecule has 1 amide bonds. The number of ether oxygens (including phenoxy) is 2. The summed E-state index contributed by atoms with van der Waals surface area (Å²) >= 11 is 6.48. The van der Waals surface area contributed by atoms with E-state index in [4.69, 9.17) is 21.1 Å². The molecule has 6 rings (SSSR count). The first kappa shape index (κ1) is 26.3. The molecule has 206 valence electrons. The predicted octanol–water partition coefficient (Wildman–Crippen LogP) is 4.16. The maximum absolute atomic E-state index is 13.6. The van der Waals surface area contributed by atoms with Crippen molar-refractivity contribution < 1.29 is 23.8 Å². The van der Waals surface area contributed by atoms with Gasteiger partial charge >= 0.3 is 0 Å². The second kappa shape index (κ2) is 11.3. The minimum Gasteiger partial charge on any atom is -0.484 e. The number of nitrogens with zero attached hydrogens (tertiary/aromatic N) is 2. The Bertz CT molecular complexity index is 1350. The molecule has 3 aliphatic rings. The Morgan fingerprint density at radius 1 is 1.10 bits per heavy atom. The number of rotatable bonds is 9. The molecule has 3 saturated heterocycles. The molecule has 0 spiro atoms. The van der Waals surface area contributed by atoms with Gasteiger partial charge in [0.1, 0.15) is 23.8 Å². The van der Waals surface area contributed by atoms with E-state index in [-0.39, 0.29) is 23.7 Å². The number of hydrogen-bond acceptors (Lipinski definition) is 6. The van der Waals surface area contributed by atoms with Gasteiger partial charge in [-0.15, -0.1) is 0 Å². The molecular weight excluding hydrogens is 521 g/mol. The molecule has 3 atom stereocenters. The summed E-state index contributed by atoms with van der Waals surface area (Å²) in [5.41, 5.74) is 1.66. The van der Waals surface area contributed by atoms with Gasteiger partial charge in [0.15, 0.2) is 0 Å². The van der Waals surface area contributed by atoms with E-state index < -0.39 is 12.1 Å². The molecule has 3 fully saturated rings. The number of anilines is 1. The number of halogens is 2. The van der Waals surface area contributed by atoms with Crippen LogP contribution in [0.25, 0.3) is 10.8 Å². The number of aliphatic hydroxyl groups excluding tert-OH is 1. The molecule has 3 aromatic rings. The number of fused-ring (bicyclic) bond motifs is 1. The monoisotopic (exact) mass is 553 g/mol. The number of nitrogens with one attached hydrogen (secondary N) is 1. The van der Waals surface area contributed by atoms with Gasteiger partial charge in [0.05, 0.1) is 30.2 Å². The number of aliphatic hydroxyl groups is 1. The first-order valence-electron chi connectivity index (χ1n) is 13.6. The fourth-order valence-electron chi connectivity index (χ4n) is 5.47. The van der Waals surface area contributed by atoms with Crippen molar-refractivity contribution in [2.75, 3.05) is 50.8 Å². The molecular formula is C30H33ClFN3O4. The van der Waals surface area contributed by atoms with E-state index in [2.05, 4.69) is 15.1 Å². The summed E-state index contributed by atoms with van der Waals surface area (Å²) in [4.78, 5) is 17.9. The number of carbonyl (C=O) groups excluding carboxylic acids is 1. The Labute approximate surface area is 232 Å². The average Bonchev–Trinajstić information content (AvgIpc) is 3.38. The van der Waals surface area contributed by atoms with E-state index in [1.54, 1.807) is 18.2 Å². The molecule has 9 heteroatoms. The summed E-state index contributed by atoms with van der Waals surface area (Å²) in [6.45, 7) is 4.92. The number of carbonyl (C=O) groups is 1. The Hall–Kier alpha value is -2.91. The third-order valence-electron chi connectivity index (χ3n) is 8.02. The highest BCUT2D eigenvalue weighted by Gasteiger charge is 2.33. The third-order valence-corrected chi connectivity index (χ3v) is 8.32. The Morgan fingerprint density at radius 2 is 1.90 bits per heavy atom. The molecule has 3 heterocycles. The second-order valence-electron chi connectivity index (χ2n) is 10.8. The van der Waals surface area contributed by atoms with E-state index in [1.165, 1.54) is 12.1 Å². The molecule has 3 aromatic carbocycles. The molecule has 39 heavy (non-hydrogen) atoms. The van der Waals surface area contributed by atoms with E-state index in [0.717, 1.165) is 48.9 Å². The second-order valence-corrected chi connectivity index (χ2v) is 11.2. The van der Waals surface area contributed by atoms with E-state index in [1.807, 2.05) is 24.3 Å². The number of amides is 1. The van der Waals surface area contributed by atoms with Crippen molar-refractivity contribution in [2.24, 2.45) is 5.92 Å². The highest BCUT2D eigenvalue weighted by atomic mass is 35.5. The smallest absolute Gasteiger partial charge is 0.225 e. The van der Waals surface area contributed by atoms with Gasteiger partial charge in [-0.05, 0) is 78.7 Å². The van der Waals surface area contributed by atoms with Crippen molar-refractivity contribution in [3.8, 4) is 5.75 Å². The summed E-state index contributed by atoms with van der Waals surface area (Å²) in [7, 11) is 0. The van der Waals surface area contributed by atoms with E-state index >= 15 is 0 Å². The lowest BCUT2D eigenvalue weighted by molar-refractivity contribution is -0.126. The van der Waals surface area contributed by atoms with Crippen LogP contribution < -0.4 is 15.0 Å². The van der Waals surface area contributed by atoms with Crippen molar-refractivity contribution in [3.63, 3.8) is 0 Å². The molecule has 2 N–H and O–H groups in total. The average molecular weight is 554 g/mol. The zero-order valence-electron chi connectivity index (χ0n) is 21.7. The van der Waals surface area contributed by atoms with Crippen molar-refractivity contribution in [2.45, 2.75) is 31.1 Å². The van der Waals surface area contributed by atoms with Crippen molar-refractivity contribution in [1.82, 2.24) is 10.2 Å². The van der Waals surface area contributed by atoms with Gasteiger partial charge in [0, 0.05) is 25.3 Å². The fraction of sp³-hybridized carbons (Fsp3) is 0.433. The summed E-state index contributed by atoms with van der Waals surface area (Å²) in [5.74, 6) is 0.0672. The Morgan fingerprint density at radius 3 is 2.62 bits per heavy atom. The summed E-state index contributed by atoms with van der Waals surface area (Å²) in [5, 5.41) is 16.8. The zero-order chi connectivity index (χ0) is 26.9. The Kier molecular flexibility index (Phi) is 7.62. The fourth-order valence-corrected chi connectivity index (χ4v) is 5.70. The minimum atomic E-state index is -0.911. The number of likely N-dealkylation sites (tertiary alicyclic amines) is 1. The summed E-state index contributed by atoms with van der Waals surface area (Å²) < 4.78 is 24.6. The molecule has 7 nitrogen and oxygen atoms in total. The van der Waals surface area contributed by atoms with Crippen LogP contribution in [0, 0.1) is 11.7 Å². The van der Waals surface area contributed by atoms with Crippen LogP contribution >= 0.6 is 11.6 Å². The predicted molar refractivity (Wildman–Crippen MR) is 149 cm³/mol. The first-order valence-corrected chi connectivity index (χ1v) is 14.0. The van der Waals surface area contributed by atoms with Gasteiger partial charge in [-0.1, -0.05) is 29.8 Å². The van der Waals surface area contributed by atoms with Crippen LogP contribution in [-0.2, 0) is 9.53 Å². The summed E-state index contributed by atoms with van der Waals surface area (Å²) in [6, 6.07) is 15.5. The largest absolute Gasteiger partial charge is 0.484 e. The van der Waals surface area contributed by atoms with E-state index in [9.17, 15) is 14.3 Å². The normalized spacial score (nSPS) is 21.3. The van der Waals surface area contributed by atoms with Crippen LogP contribution in [-0.4, -0.2) is 74.0 Å². The SMILES string of the molecule is O=C(N[C@H](CN1CCC1)[C@H](O)c1ccc(OC2COC2)c(Cl)c1)[C@@H]1CCN(c2ccc3cc(F)ccc3c2)C1. The molecule has 0 radical (unpaired) electrons.